The molecule has 0 unspecified atom stereocenters. The highest BCUT2D eigenvalue weighted by Gasteiger charge is 1.71. The average Bonchev–Trinajstić information content (AvgIpc) is 1.65. The number of rotatable bonds is 1. The lowest BCUT2D eigenvalue weighted by Gasteiger charge is -1.90. The molecule has 0 heterocycles. The molecule has 0 aliphatic heterocycles. The summed E-state index contributed by atoms with van der Waals surface area (Å²) in [6, 6.07) is 0. The lowest BCUT2D eigenvalue weighted by Crippen LogP contribution is -2.03. The van der Waals surface area contributed by atoms with Crippen LogP contribution in [0.2, 0.25) is 0 Å². The molecule has 6 heavy (non-hydrogen) atoms. The predicted molar refractivity (Wildman–Crippen MR) is 32.9 cm³/mol. The van der Waals surface area contributed by atoms with Crippen molar-refractivity contribution in [1.29, 1.82) is 0 Å². The van der Waals surface area contributed by atoms with E-state index in [1.165, 1.54) is 0 Å². The maximum atomic E-state index is 5.26. The predicted octanol–water partition coefficient (Wildman–Crippen LogP) is -0.391. The van der Waals surface area contributed by atoms with Crippen molar-refractivity contribution in [3.05, 3.63) is 10.9 Å². The SMILES string of the molecule is CNC([SiH3])=CCl. The second-order valence-electron chi connectivity index (χ2n) is 1.04. The normalized spacial score (nSPS) is 12.0. The first-order valence-corrected chi connectivity index (χ1v) is 3.19. The molecule has 0 aliphatic carbocycles. The van der Waals surface area contributed by atoms with Crippen molar-refractivity contribution < 1.29 is 0 Å². The van der Waals surface area contributed by atoms with Crippen LogP contribution in [0.25, 0.3) is 0 Å². The summed E-state index contributed by atoms with van der Waals surface area (Å²) in [7, 11) is 2.87. The zero-order valence-electron chi connectivity index (χ0n) is 3.96. The quantitative estimate of drug-likeness (QED) is 0.466. The van der Waals surface area contributed by atoms with E-state index in [0.29, 0.717) is 0 Å². The van der Waals surface area contributed by atoms with Crippen LogP contribution in [0.3, 0.4) is 0 Å². The van der Waals surface area contributed by atoms with E-state index in [1.807, 2.05) is 7.05 Å². The Morgan fingerprint density at radius 3 is 2.50 bits per heavy atom. The Labute approximate surface area is 45.8 Å². The Balaban J connectivity index is 3.22. The van der Waals surface area contributed by atoms with Crippen molar-refractivity contribution in [3.8, 4) is 0 Å². The molecule has 0 aromatic rings. The standard InChI is InChI=1S/C3H8ClNSi/c1-5-3(6)2-4/h2,5H,1,6H3. The Hall–Kier alpha value is 0.0469. The number of halogens is 1. The van der Waals surface area contributed by atoms with Gasteiger partial charge in [-0.15, -0.1) is 0 Å². The largest absolute Gasteiger partial charge is 0.395 e. The van der Waals surface area contributed by atoms with Gasteiger partial charge in [0.2, 0.25) is 0 Å². The van der Waals surface area contributed by atoms with Crippen molar-refractivity contribution in [2.24, 2.45) is 0 Å². The second kappa shape index (κ2) is 3.25. The molecule has 0 bridgehead atoms. The van der Waals surface area contributed by atoms with Gasteiger partial charge < -0.3 is 5.32 Å². The molecule has 0 radical (unpaired) electrons. The molecule has 0 aromatic carbocycles. The van der Waals surface area contributed by atoms with Crippen LogP contribution in [0.5, 0.6) is 0 Å². The fourth-order valence-corrected chi connectivity index (χ4v) is 0.164. The third kappa shape index (κ3) is 2.29. The van der Waals surface area contributed by atoms with Crippen LogP contribution in [0.1, 0.15) is 0 Å². The van der Waals surface area contributed by atoms with E-state index in [1.54, 1.807) is 5.54 Å². The number of nitrogens with one attached hydrogen (secondary N) is 1. The van der Waals surface area contributed by atoms with Gasteiger partial charge in [0.1, 0.15) is 0 Å². The topological polar surface area (TPSA) is 12.0 Å². The Bertz CT molecular complexity index is 61.8. The van der Waals surface area contributed by atoms with Gasteiger partial charge >= 0.3 is 0 Å². The Morgan fingerprint density at radius 2 is 2.50 bits per heavy atom. The Kier molecular flexibility index (Phi) is 3.27. The number of hydrogen-bond donors (Lipinski definition) is 1. The minimum Gasteiger partial charge on any atom is -0.395 e. The minimum atomic E-state index is 1.01. The van der Waals surface area contributed by atoms with Crippen LogP contribution in [0, 0.1) is 0 Å². The van der Waals surface area contributed by atoms with Crippen LogP contribution in [0.4, 0.5) is 0 Å². The lowest BCUT2D eigenvalue weighted by molar-refractivity contribution is 1.08. The molecule has 0 saturated heterocycles. The van der Waals surface area contributed by atoms with E-state index in [9.17, 15) is 0 Å². The third-order valence-corrected chi connectivity index (χ3v) is 2.04. The molecule has 0 rings (SSSR count). The van der Waals surface area contributed by atoms with Crippen LogP contribution in [0.15, 0.2) is 10.9 Å². The molecule has 0 aromatic heterocycles. The highest BCUT2D eigenvalue weighted by Crippen LogP contribution is 1.80. The third-order valence-electron chi connectivity index (χ3n) is 0.558. The van der Waals surface area contributed by atoms with E-state index < -0.39 is 0 Å². The van der Waals surface area contributed by atoms with E-state index in [2.05, 4.69) is 5.32 Å². The summed E-state index contributed by atoms with van der Waals surface area (Å²) in [5.74, 6) is 0. The lowest BCUT2D eigenvalue weighted by atomic mass is 11.0. The van der Waals surface area contributed by atoms with Crippen LogP contribution >= 0.6 is 11.6 Å². The zero-order valence-corrected chi connectivity index (χ0v) is 6.71. The molecule has 0 spiro atoms. The summed E-state index contributed by atoms with van der Waals surface area (Å²) in [6.07, 6.45) is 0. The monoisotopic (exact) mass is 121 g/mol. The van der Waals surface area contributed by atoms with Gasteiger partial charge in [0.05, 0.1) is 10.2 Å². The van der Waals surface area contributed by atoms with Crippen molar-refractivity contribution in [1.82, 2.24) is 5.32 Å². The first-order chi connectivity index (χ1) is 2.81. The molecule has 1 N–H and O–H groups in total. The van der Waals surface area contributed by atoms with Gasteiger partial charge in [-0.3, -0.25) is 0 Å². The van der Waals surface area contributed by atoms with Gasteiger partial charge in [0.25, 0.3) is 0 Å². The summed E-state index contributed by atoms with van der Waals surface area (Å²) in [6.45, 7) is 0. The fourth-order valence-electron chi connectivity index (χ4n) is 0.0546. The van der Waals surface area contributed by atoms with E-state index in [4.69, 9.17) is 11.6 Å². The molecule has 3 heteroatoms. The fraction of sp³-hybridized carbons (Fsp3) is 0.333. The van der Waals surface area contributed by atoms with Gasteiger partial charge in [-0.1, -0.05) is 11.6 Å². The summed E-state index contributed by atoms with van der Waals surface area (Å²) in [5, 5.41) is 4.03. The van der Waals surface area contributed by atoms with Crippen molar-refractivity contribution in [2.45, 2.75) is 0 Å². The van der Waals surface area contributed by atoms with Crippen molar-refractivity contribution >= 4 is 21.8 Å². The zero-order chi connectivity index (χ0) is 4.99. The molecule has 0 aliphatic rings. The highest BCUT2D eigenvalue weighted by molar-refractivity contribution is 6.32. The molecular formula is C3H8ClNSi. The minimum absolute atomic E-state index is 1.01. The van der Waals surface area contributed by atoms with Gasteiger partial charge in [-0.2, -0.15) is 0 Å². The average molecular weight is 122 g/mol. The van der Waals surface area contributed by atoms with Gasteiger partial charge in [-0.25, -0.2) is 0 Å². The smallest absolute Gasteiger partial charge is 0.0599 e. The second-order valence-corrected chi connectivity index (χ2v) is 2.34. The maximum absolute atomic E-state index is 5.26. The van der Waals surface area contributed by atoms with E-state index in [0.717, 1.165) is 15.6 Å². The maximum Gasteiger partial charge on any atom is 0.0599 e. The molecule has 1 nitrogen and oxygen atoms in total. The van der Waals surface area contributed by atoms with Crippen LogP contribution in [-0.2, 0) is 0 Å². The van der Waals surface area contributed by atoms with E-state index >= 15 is 0 Å². The first-order valence-electron chi connectivity index (χ1n) is 1.76. The van der Waals surface area contributed by atoms with Crippen LogP contribution < -0.4 is 5.32 Å². The molecule has 0 saturated carbocycles. The highest BCUT2D eigenvalue weighted by atomic mass is 35.5. The van der Waals surface area contributed by atoms with Crippen LogP contribution in [-0.4, -0.2) is 17.3 Å². The van der Waals surface area contributed by atoms with Crippen molar-refractivity contribution in [3.63, 3.8) is 0 Å². The molecule has 0 amide bonds. The molecule has 0 fully saturated rings. The summed E-state index contributed by atoms with van der Waals surface area (Å²) < 4.78 is 0. The molecular weight excluding hydrogens is 114 g/mol. The number of hydrogen-bond acceptors (Lipinski definition) is 1. The van der Waals surface area contributed by atoms with Gasteiger partial charge in [0, 0.05) is 12.6 Å². The van der Waals surface area contributed by atoms with Gasteiger partial charge in [-0.05, 0) is 5.32 Å². The van der Waals surface area contributed by atoms with E-state index in [-0.39, 0.29) is 0 Å². The van der Waals surface area contributed by atoms with Crippen molar-refractivity contribution in [2.75, 3.05) is 7.05 Å². The summed E-state index contributed by atoms with van der Waals surface area (Å²) in [4.78, 5) is 0. The van der Waals surface area contributed by atoms with Gasteiger partial charge in [0.15, 0.2) is 0 Å². The Morgan fingerprint density at radius 1 is 2.00 bits per heavy atom. The summed E-state index contributed by atoms with van der Waals surface area (Å²) in [5.41, 5.74) is 1.56. The molecule has 0 atom stereocenters. The first kappa shape index (κ1) is 6.05. The summed E-state index contributed by atoms with van der Waals surface area (Å²) >= 11 is 5.26. The molecule has 36 valence electrons.